The molecule has 11 heteroatoms. The van der Waals surface area contributed by atoms with Crippen molar-refractivity contribution in [3.05, 3.63) is 182 Å². The molecule has 0 aromatic heterocycles. The van der Waals surface area contributed by atoms with Gasteiger partial charge < -0.3 is 11.0 Å². The van der Waals surface area contributed by atoms with Gasteiger partial charge in [0.2, 0.25) is 0 Å². The van der Waals surface area contributed by atoms with Crippen molar-refractivity contribution in [3.63, 3.8) is 0 Å². The third-order valence-corrected chi connectivity index (χ3v) is 17.0. The molecule has 0 fully saturated rings. The van der Waals surface area contributed by atoms with Gasteiger partial charge >= 0.3 is 0 Å². The van der Waals surface area contributed by atoms with Gasteiger partial charge in [-0.15, -0.1) is 0 Å². The molecule has 59 heavy (non-hydrogen) atoms. The van der Waals surface area contributed by atoms with Crippen molar-refractivity contribution in [3.8, 4) is 0 Å². The molecular formula is C48H76O2P6Pt3+6. The summed E-state index contributed by atoms with van der Waals surface area (Å²) in [6, 6.07) is 64.1. The van der Waals surface area contributed by atoms with E-state index in [1.807, 2.05) is 0 Å². The molecule has 0 bridgehead atoms. The van der Waals surface area contributed by atoms with Crippen LogP contribution in [0.2, 0.25) is 0 Å². The van der Waals surface area contributed by atoms with Crippen LogP contribution in [0.1, 0.15) is 0 Å². The van der Waals surface area contributed by atoms with Gasteiger partial charge in [0.15, 0.2) is 0 Å². The summed E-state index contributed by atoms with van der Waals surface area (Å²) in [5, 5.41) is 9.10. The van der Waals surface area contributed by atoms with Gasteiger partial charge in [0.1, 0.15) is 0 Å². The van der Waals surface area contributed by atoms with Gasteiger partial charge in [0, 0.05) is 111 Å². The molecule has 334 valence electrons. The number of hydrogen-bond donors (Lipinski definition) is 0. The topological polar surface area (TPSA) is 63.0 Å². The zero-order valence-corrected chi connectivity index (χ0v) is 50.1. The summed E-state index contributed by atoms with van der Waals surface area (Å²) in [6.45, 7) is 27.7. The van der Waals surface area contributed by atoms with Crippen LogP contribution in [0.4, 0.5) is 0 Å². The minimum atomic E-state index is -0.212. The Morgan fingerprint density at radius 3 is 0.322 bits per heavy atom. The monoisotopic (exact) mass is 1460 g/mol. The van der Waals surface area contributed by atoms with Crippen molar-refractivity contribution in [2.24, 2.45) is 0 Å². The third-order valence-electron chi connectivity index (χ3n) is 8.11. The summed E-state index contributed by atoms with van der Waals surface area (Å²) in [5.74, 6) is 0. The van der Waals surface area contributed by atoms with Gasteiger partial charge in [0.05, 0.1) is 112 Å². The molecule has 6 aromatic carbocycles. The fourth-order valence-corrected chi connectivity index (χ4v) is 9.78. The molecule has 0 aliphatic rings. The van der Waals surface area contributed by atoms with Gasteiger partial charge in [0.25, 0.3) is 0 Å². The first-order valence-corrected chi connectivity index (χ1v) is 34.0. The molecule has 0 spiro atoms. The van der Waals surface area contributed by atoms with E-state index < -0.39 is 0 Å². The summed E-state index contributed by atoms with van der Waals surface area (Å²) >= 11 is 0. The fourth-order valence-electron chi connectivity index (χ4n) is 4.63. The van der Waals surface area contributed by atoms with Crippen LogP contribution in [0, 0.1) is 0 Å². The first-order valence-electron chi connectivity index (χ1n) is 19.0. The molecule has 0 amide bonds. The second kappa shape index (κ2) is 43.2. The largest absolute Gasteiger partial charge is 0.412 e. The molecular weight excluding hydrogens is 1380 g/mol. The summed E-state index contributed by atoms with van der Waals surface area (Å²) in [6.07, 6.45) is 0. The standard InChI is InChI=1S/6C8H11P.2H2O.3Pt/c6*1-9(2)8-6-4-3-5-7-8;;;;;/h6*3-7H,1-2H3;2*1H2;;;/p+6. The van der Waals surface area contributed by atoms with E-state index in [-0.39, 0.29) is 122 Å². The van der Waals surface area contributed by atoms with E-state index in [1.165, 1.54) is 31.8 Å². The Kier molecular flexibility index (Phi) is 49.7. The van der Waals surface area contributed by atoms with E-state index in [2.05, 4.69) is 262 Å². The number of hydrogen-bond acceptors (Lipinski definition) is 0. The average Bonchev–Trinajstić information content (AvgIpc) is 3.21. The quantitative estimate of drug-likeness (QED) is 0.150. The predicted molar refractivity (Wildman–Crippen MR) is 285 cm³/mol. The summed E-state index contributed by atoms with van der Waals surface area (Å²) in [5.41, 5.74) is 0. The van der Waals surface area contributed by atoms with E-state index in [1.54, 1.807) is 0 Å². The zero-order chi connectivity index (χ0) is 40.1. The van der Waals surface area contributed by atoms with Crippen molar-refractivity contribution >= 4 is 79.4 Å². The van der Waals surface area contributed by atoms with Crippen LogP contribution in [0.25, 0.3) is 0 Å². The Labute approximate surface area is 411 Å². The fraction of sp³-hybridized carbons (Fsp3) is 0.250. The molecule has 0 aliphatic heterocycles. The molecule has 2 nitrogen and oxygen atoms in total. The van der Waals surface area contributed by atoms with Crippen molar-refractivity contribution < 1.29 is 74.1 Å². The van der Waals surface area contributed by atoms with Crippen LogP contribution >= 0.6 is 47.5 Å². The second-order valence-corrected chi connectivity index (χ2v) is 29.7. The minimum absolute atomic E-state index is 0. The Bertz CT molecular complexity index is 1370. The molecule has 0 atom stereocenters. The molecule has 0 unspecified atom stereocenters. The van der Waals surface area contributed by atoms with Crippen molar-refractivity contribution in [1.82, 2.24) is 0 Å². The molecule has 6 rings (SSSR count). The van der Waals surface area contributed by atoms with Crippen molar-refractivity contribution in [2.45, 2.75) is 0 Å². The van der Waals surface area contributed by atoms with Crippen LogP contribution in [0.3, 0.4) is 0 Å². The Hall–Kier alpha value is -0.115. The van der Waals surface area contributed by atoms with Crippen LogP contribution < -0.4 is 31.8 Å². The van der Waals surface area contributed by atoms with Crippen LogP contribution in [0.5, 0.6) is 0 Å². The molecule has 0 aliphatic carbocycles. The van der Waals surface area contributed by atoms with E-state index in [0.29, 0.717) is 0 Å². The maximum absolute atomic E-state index is 2.31. The smallest absolute Gasteiger partial charge is 0.0908 e. The maximum atomic E-state index is 2.31. The Morgan fingerprint density at radius 2 is 0.271 bits per heavy atom. The number of rotatable bonds is 6. The van der Waals surface area contributed by atoms with Crippen LogP contribution in [0.15, 0.2) is 182 Å². The molecule has 0 saturated heterocycles. The van der Waals surface area contributed by atoms with E-state index >= 15 is 0 Å². The van der Waals surface area contributed by atoms with E-state index in [9.17, 15) is 0 Å². The van der Waals surface area contributed by atoms with Gasteiger partial charge in [-0.3, -0.25) is 0 Å². The van der Waals surface area contributed by atoms with Crippen LogP contribution in [-0.2, 0) is 63.2 Å². The molecule has 4 N–H and O–H groups in total. The van der Waals surface area contributed by atoms with Crippen molar-refractivity contribution in [1.29, 1.82) is 0 Å². The normalized spacial score (nSPS) is 9.25. The zero-order valence-electron chi connectivity index (χ0n) is 37.3. The third kappa shape index (κ3) is 35.0. The minimum Gasteiger partial charge on any atom is -0.412 e. The second-order valence-electron chi connectivity index (χ2n) is 14.2. The van der Waals surface area contributed by atoms with E-state index in [0.717, 1.165) is 0 Å². The van der Waals surface area contributed by atoms with Gasteiger partial charge in [-0.2, -0.15) is 0 Å². The van der Waals surface area contributed by atoms with Gasteiger partial charge in [-0.1, -0.05) is 109 Å². The predicted octanol–water partition coefficient (Wildman–Crippen LogP) is 9.06. The molecule has 0 saturated carbocycles. The van der Waals surface area contributed by atoms with Gasteiger partial charge in [-0.25, -0.2) is 0 Å². The maximum Gasteiger partial charge on any atom is 0.0908 e. The summed E-state index contributed by atoms with van der Waals surface area (Å²) in [4.78, 5) is 0. The first kappa shape index (κ1) is 68.0. The summed E-state index contributed by atoms with van der Waals surface area (Å²) in [7, 11) is -1.27. The van der Waals surface area contributed by atoms with Crippen LogP contribution in [-0.4, -0.2) is 90.9 Å². The molecule has 0 heterocycles. The molecule has 0 radical (unpaired) electrons. The Balaban J connectivity index is -0.000000194. The molecule has 6 aromatic rings. The van der Waals surface area contributed by atoms with Crippen molar-refractivity contribution in [2.75, 3.05) is 80.0 Å². The van der Waals surface area contributed by atoms with Gasteiger partial charge in [-0.05, 0) is 72.8 Å². The first-order chi connectivity index (χ1) is 25.8. The average molecular weight is 1460 g/mol. The SMILES string of the molecule is C[PH+](C)c1ccccc1.C[PH+](C)c1ccccc1.C[PH+](C)c1ccccc1.C[PH+](C)c1ccccc1.C[PH+](C)c1ccccc1.C[PH+](C)c1ccccc1.O.O.[Pt].[Pt].[Pt]. The Morgan fingerprint density at radius 1 is 0.186 bits per heavy atom. The van der Waals surface area contributed by atoms with E-state index in [4.69, 9.17) is 0 Å². The number of benzene rings is 6. The summed E-state index contributed by atoms with van der Waals surface area (Å²) < 4.78 is 0.